The minimum absolute atomic E-state index is 0.242. The zero-order valence-electron chi connectivity index (χ0n) is 11.4. The molecule has 1 aliphatic carbocycles. The van der Waals surface area contributed by atoms with E-state index in [4.69, 9.17) is 0 Å². The summed E-state index contributed by atoms with van der Waals surface area (Å²) >= 11 is 3.43. The van der Waals surface area contributed by atoms with Gasteiger partial charge in [0.15, 0.2) is 0 Å². The van der Waals surface area contributed by atoms with E-state index >= 15 is 0 Å². The van der Waals surface area contributed by atoms with Crippen molar-refractivity contribution in [2.75, 3.05) is 7.05 Å². The summed E-state index contributed by atoms with van der Waals surface area (Å²) < 4.78 is 13.8. The summed E-state index contributed by atoms with van der Waals surface area (Å²) in [5, 5.41) is 3.62. The molecule has 1 aliphatic rings. The van der Waals surface area contributed by atoms with Crippen LogP contribution in [0.2, 0.25) is 0 Å². The molecule has 4 heteroatoms. The first-order valence-corrected chi connectivity index (χ1v) is 9.06. The average Bonchev–Trinajstić information content (AvgIpc) is 2.39. The van der Waals surface area contributed by atoms with E-state index < -0.39 is 10.8 Å². The van der Waals surface area contributed by atoms with Gasteiger partial charge in [0.1, 0.15) is 0 Å². The van der Waals surface area contributed by atoms with Gasteiger partial charge in [-0.05, 0) is 44.2 Å². The van der Waals surface area contributed by atoms with Crippen molar-refractivity contribution in [3.05, 3.63) is 28.7 Å². The second-order valence-electron chi connectivity index (χ2n) is 5.18. The average molecular weight is 344 g/mol. The van der Waals surface area contributed by atoms with Crippen molar-refractivity contribution in [3.8, 4) is 0 Å². The van der Waals surface area contributed by atoms with E-state index in [1.807, 2.05) is 31.3 Å². The summed E-state index contributed by atoms with van der Waals surface area (Å²) in [7, 11) is 1.09. The zero-order valence-corrected chi connectivity index (χ0v) is 13.8. The molecule has 0 saturated heterocycles. The Kier molecular flexibility index (Phi) is 6.05. The number of nitrogens with one attached hydrogen (secondary N) is 1. The normalized spacial score (nSPS) is 26.4. The molecule has 2 nitrogen and oxygen atoms in total. The van der Waals surface area contributed by atoms with E-state index in [1.54, 1.807) is 0 Å². The van der Waals surface area contributed by atoms with Gasteiger partial charge in [-0.25, -0.2) is 0 Å². The fourth-order valence-corrected chi connectivity index (χ4v) is 4.75. The van der Waals surface area contributed by atoms with E-state index in [9.17, 15) is 4.21 Å². The first-order chi connectivity index (χ1) is 9.22. The highest BCUT2D eigenvalue weighted by atomic mass is 79.9. The monoisotopic (exact) mass is 343 g/mol. The van der Waals surface area contributed by atoms with Crippen molar-refractivity contribution in [1.29, 1.82) is 0 Å². The fraction of sp³-hybridized carbons (Fsp3) is 0.600. The highest BCUT2D eigenvalue weighted by Gasteiger charge is 2.27. The summed E-state index contributed by atoms with van der Waals surface area (Å²) in [6.45, 7) is 0. The lowest BCUT2D eigenvalue weighted by atomic mass is 9.96. The topological polar surface area (TPSA) is 29.1 Å². The molecule has 3 atom stereocenters. The summed E-state index contributed by atoms with van der Waals surface area (Å²) in [4.78, 5) is 0.953. The Morgan fingerprint density at radius 1 is 1.11 bits per heavy atom. The van der Waals surface area contributed by atoms with Crippen molar-refractivity contribution in [2.24, 2.45) is 0 Å². The van der Waals surface area contributed by atoms with Crippen LogP contribution in [0, 0.1) is 0 Å². The minimum atomic E-state index is -0.910. The minimum Gasteiger partial charge on any atom is -0.316 e. The molecule has 0 spiro atoms. The first kappa shape index (κ1) is 15.2. The Hall–Kier alpha value is -0.190. The van der Waals surface area contributed by atoms with Gasteiger partial charge in [0.2, 0.25) is 0 Å². The molecule has 0 aromatic heterocycles. The van der Waals surface area contributed by atoms with Crippen molar-refractivity contribution in [3.63, 3.8) is 0 Å². The second kappa shape index (κ2) is 7.55. The number of rotatable bonds is 3. The molecule has 1 aromatic rings. The first-order valence-electron chi connectivity index (χ1n) is 7.06. The molecule has 0 amide bonds. The van der Waals surface area contributed by atoms with Crippen LogP contribution < -0.4 is 5.32 Å². The van der Waals surface area contributed by atoms with Crippen LogP contribution in [0.25, 0.3) is 0 Å². The summed E-state index contributed by atoms with van der Waals surface area (Å²) in [6.07, 6.45) is 7.25. The molecule has 2 rings (SSSR count). The molecule has 0 heterocycles. The predicted octanol–water partition coefficient (Wildman–Crippen LogP) is 3.87. The quantitative estimate of drug-likeness (QED) is 0.902. The maximum atomic E-state index is 12.8. The van der Waals surface area contributed by atoms with Crippen LogP contribution in [0.1, 0.15) is 38.5 Å². The molecule has 19 heavy (non-hydrogen) atoms. The van der Waals surface area contributed by atoms with Gasteiger partial charge in [0, 0.05) is 15.4 Å². The van der Waals surface area contributed by atoms with Gasteiger partial charge < -0.3 is 5.32 Å². The highest BCUT2D eigenvalue weighted by Crippen LogP contribution is 2.25. The molecule has 0 radical (unpaired) electrons. The van der Waals surface area contributed by atoms with Crippen LogP contribution in [-0.4, -0.2) is 22.5 Å². The molecule has 1 saturated carbocycles. The van der Waals surface area contributed by atoms with Crippen LogP contribution >= 0.6 is 15.9 Å². The number of hydrogen-bond donors (Lipinski definition) is 1. The Morgan fingerprint density at radius 2 is 1.74 bits per heavy atom. The Labute approximate surface area is 127 Å². The smallest absolute Gasteiger partial charge is 0.0576 e. The number of halogens is 1. The Balaban J connectivity index is 2.15. The Morgan fingerprint density at radius 3 is 2.37 bits per heavy atom. The van der Waals surface area contributed by atoms with Gasteiger partial charge in [-0.15, -0.1) is 0 Å². The molecule has 0 bridgehead atoms. The maximum absolute atomic E-state index is 12.8. The van der Waals surface area contributed by atoms with E-state index in [0.29, 0.717) is 6.04 Å². The predicted molar refractivity (Wildman–Crippen MR) is 84.9 cm³/mol. The van der Waals surface area contributed by atoms with Crippen molar-refractivity contribution in [2.45, 2.75) is 54.7 Å². The zero-order chi connectivity index (χ0) is 13.7. The summed E-state index contributed by atoms with van der Waals surface area (Å²) in [5.41, 5.74) is 0. The summed E-state index contributed by atoms with van der Waals surface area (Å²) in [6, 6.07) is 8.29. The molecule has 3 unspecified atom stereocenters. The van der Waals surface area contributed by atoms with Crippen LogP contribution in [-0.2, 0) is 10.8 Å². The van der Waals surface area contributed by atoms with E-state index in [2.05, 4.69) is 21.2 Å². The van der Waals surface area contributed by atoms with Gasteiger partial charge >= 0.3 is 0 Å². The molecule has 1 N–H and O–H groups in total. The third kappa shape index (κ3) is 4.14. The largest absolute Gasteiger partial charge is 0.316 e. The molecule has 0 aliphatic heterocycles. The molecular weight excluding hydrogens is 322 g/mol. The lowest BCUT2D eigenvalue weighted by Gasteiger charge is -2.28. The molecule has 1 aromatic carbocycles. The van der Waals surface area contributed by atoms with Gasteiger partial charge in [0.05, 0.1) is 16.0 Å². The molecule has 1 fully saturated rings. The number of hydrogen-bond acceptors (Lipinski definition) is 2. The third-order valence-corrected chi connectivity index (χ3v) is 6.27. The van der Waals surface area contributed by atoms with Gasteiger partial charge in [-0.3, -0.25) is 4.21 Å². The highest BCUT2D eigenvalue weighted by molar-refractivity contribution is 9.10. The lowest BCUT2D eigenvalue weighted by Crippen LogP contribution is -2.41. The van der Waals surface area contributed by atoms with Crippen LogP contribution in [0.3, 0.4) is 0 Å². The van der Waals surface area contributed by atoms with Crippen molar-refractivity contribution < 1.29 is 4.21 Å². The SMILES string of the molecule is CNC1CCCCCCC1S(=O)c1ccc(Br)cc1. The van der Waals surface area contributed by atoms with Crippen molar-refractivity contribution in [1.82, 2.24) is 5.32 Å². The van der Waals surface area contributed by atoms with Crippen molar-refractivity contribution >= 4 is 26.7 Å². The van der Waals surface area contributed by atoms with Crippen LogP contribution in [0.5, 0.6) is 0 Å². The standard InChI is InChI=1S/C15H22BrNOS/c1-17-14-6-4-2-3-5-7-15(14)19(18)13-10-8-12(16)9-11-13/h8-11,14-15,17H,2-7H2,1H3. The Bertz CT molecular complexity index is 421. The number of benzene rings is 1. The van der Waals surface area contributed by atoms with Crippen LogP contribution in [0.4, 0.5) is 0 Å². The maximum Gasteiger partial charge on any atom is 0.0576 e. The molecule has 106 valence electrons. The lowest BCUT2D eigenvalue weighted by molar-refractivity contribution is 0.414. The fourth-order valence-electron chi connectivity index (χ4n) is 2.78. The second-order valence-corrected chi connectivity index (χ2v) is 7.76. The van der Waals surface area contributed by atoms with Gasteiger partial charge in [-0.1, -0.05) is 41.6 Å². The van der Waals surface area contributed by atoms with E-state index in [0.717, 1.165) is 22.2 Å². The summed E-state index contributed by atoms with van der Waals surface area (Å²) in [5.74, 6) is 0. The van der Waals surface area contributed by atoms with E-state index in [-0.39, 0.29) is 5.25 Å². The van der Waals surface area contributed by atoms with Gasteiger partial charge in [-0.2, -0.15) is 0 Å². The van der Waals surface area contributed by atoms with Crippen LogP contribution in [0.15, 0.2) is 33.6 Å². The molecular formula is C15H22BrNOS. The third-order valence-electron chi connectivity index (χ3n) is 3.89. The van der Waals surface area contributed by atoms with E-state index in [1.165, 1.54) is 25.7 Å². The van der Waals surface area contributed by atoms with Gasteiger partial charge in [0.25, 0.3) is 0 Å².